The lowest BCUT2D eigenvalue weighted by atomic mass is 10.0. The SMILES string of the molecule is CC(C)CC(CO)NC(=O)C(F)(F)C(F)(F)F. The number of hydrogen-bond donors (Lipinski definition) is 2. The molecule has 3 nitrogen and oxygen atoms in total. The van der Waals surface area contributed by atoms with Crippen LogP contribution in [0.25, 0.3) is 0 Å². The smallest absolute Gasteiger partial charge is 0.394 e. The Hall–Kier alpha value is -0.920. The summed E-state index contributed by atoms with van der Waals surface area (Å²) in [5.41, 5.74) is 0. The molecule has 0 aliphatic heterocycles. The zero-order chi connectivity index (χ0) is 13.9. The molecule has 0 spiro atoms. The normalized spacial score (nSPS) is 14.9. The van der Waals surface area contributed by atoms with Crippen LogP contribution in [0.2, 0.25) is 0 Å². The molecule has 2 N–H and O–H groups in total. The number of halogens is 5. The number of hydrogen-bond acceptors (Lipinski definition) is 2. The van der Waals surface area contributed by atoms with E-state index in [1.807, 2.05) is 0 Å². The van der Waals surface area contributed by atoms with Gasteiger partial charge in [0.2, 0.25) is 0 Å². The van der Waals surface area contributed by atoms with Crippen LogP contribution in [-0.4, -0.2) is 35.8 Å². The second kappa shape index (κ2) is 5.61. The third-order valence-corrected chi connectivity index (χ3v) is 1.95. The van der Waals surface area contributed by atoms with Crippen molar-refractivity contribution in [1.82, 2.24) is 5.32 Å². The minimum Gasteiger partial charge on any atom is -0.394 e. The number of amides is 1. The molecule has 1 atom stereocenters. The van der Waals surface area contributed by atoms with Crippen molar-refractivity contribution in [3.63, 3.8) is 0 Å². The van der Waals surface area contributed by atoms with Gasteiger partial charge in [0.15, 0.2) is 0 Å². The molecule has 0 aliphatic rings. The van der Waals surface area contributed by atoms with Gasteiger partial charge in [-0.1, -0.05) is 13.8 Å². The van der Waals surface area contributed by atoms with Crippen LogP contribution < -0.4 is 5.32 Å². The number of nitrogens with one attached hydrogen (secondary N) is 1. The maximum atomic E-state index is 12.5. The highest BCUT2D eigenvalue weighted by molar-refractivity contribution is 5.84. The summed E-state index contributed by atoms with van der Waals surface area (Å²) in [6, 6.07) is -1.12. The van der Waals surface area contributed by atoms with Crippen molar-refractivity contribution in [2.24, 2.45) is 5.92 Å². The zero-order valence-corrected chi connectivity index (χ0v) is 9.31. The number of carbonyl (C=O) groups is 1. The van der Waals surface area contributed by atoms with Gasteiger partial charge in [-0.3, -0.25) is 4.79 Å². The van der Waals surface area contributed by atoms with Crippen LogP contribution in [0, 0.1) is 5.92 Å². The van der Waals surface area contributed by atoms with Gasteiger partial charge in [-0.15, -0.1) is 0 Å². The summed E-state index contributed by atoms with van der Waals surface area (Å²) in [6.07, 6.45) is -5.83. The van der Waals surface area contributed by atoms with Crippen LogP contribution in [0.4, 0.5) is 22.0 Å². The maximum absolute atomic E-state index is 12.5. The first kappa shape index (κ1) is 16.1. The van der Waals surface area contributed by atoms with Gasteiger partial charge in [0.25, 0.3) is 0 Å². The predicted octanol–water partition coefficient (Wildman–Crippen LogP) is 1.71. The van der Waals surface area contributed by atoms with E-state index in [2.05, 4.69) is 0 Å². The van der Waals surface area contributed by atoms with E-state index >= 15 is 0 Å². The van der Waals surface area contributed by atoms with Crippen molar-refractivity contribution >= 4 is 5.91 Å². The molecule has 8 heteroatoms. The third kappa shape index (κ3) is 4.45. The second-order valence-corrected chi connectivity index (χ2v) is 4.05. The van der Waals surface area contributed by atoms with Gasteiger partial charge in [-0.05, 0) is 12.3 Å². The Balaban J connectivity index is 4.62. The van der Waals surface area contributed by atoms with Crippen LogP contribution >= 0.6 is 0 Å². The van der Waals surface area contributed by atoms with Gasteiger partial charge in [0.05, 0.1) is 12.6 Å². The average Bonchev–Trinajstić information content (AvgIpc) is 2.13. The number of rotatable bonds is 5. The lowest BCUT2D eigenvalue weighted by Gasteiger charge is -2.23. The number of aliphatic hydroxyl groups excluding tert-OH is 1. The Morgan fingerprint density at radius 1 is 1.24 bits per heavy atom. The second-order valence-electron chi connectivity index (χ2n) is 4.05. The number of carbonyl (C=O) groups excluding carboxylic acids is 1. The Bertz CT molecular complexity index is 265. The van der Waals surface area contributed by atoms with Crippen LogP contribution in [-0.2, 0) is 4.79 Å². The van der Waals surface area contributed by atoms with Gasteiger partial charge >= 0.3 is 18.0 Å². The maximum Gasteiger partial charge on any atom is 0.463 e. The molecule has 1 amide bonds. The largest absolute Gasteiger partial charge is 0.463 e. The molecular weight excluding hydrogens is 249 g/mol. The minimum absolute atomic E-state index is 0.0630. The molecule has 0 heterocycles. The molecule has 0 saturated heterocycles. The van der Waals surface area contributed by atoms with E-state index in [-0.39, 0.29) is 12.3 Å². The fraction of sp³-hybridized carbons (Fsp3) is 0.889. The molecule has 0 bridgehead atoms. The van der Waals surface area contributed by atoms with Crippen molar-refractivity contribution in [3.05, 3.63) is 0 Å². The van der Waals surface area contributed by atoms with Crippen molar-refractivity contribution in [1.29, 1.82) is 0 Å². The highest BCUT2D eigenvalue weighted by atomic mass is 19.4. The van der Waals surface area contributed by atoms with E-state index in [1.54, 1.807) is 13.8 Å². The van der Waals surface area contributed by atoms with E-state index < -0.39 is 30.7 Å². The fourth-order valence-corrected chi connectivity index (χ4v) is 1.15. The first-order valence-electron chi connectivity index (χ1n) is 4.88. The van der Waals surface area contributed by atoms with Crippen LogP contribution in [0.3, 0.4) is 0 Å². The molecule has 0 saturated carbocycles. The molecule has 0 radical (unpaired) electrons. The zero-order valence-electron chi connectivity index (χ0n) is 9.31. The molecule has 0 aromatic carbocycles. The Kier molecular flexibility index (Phi) is 5.31. The molecule has 0 rings (SSSR count). The van der Waals surface area contributed by atoms with Crippen molar-refractivity contribution in [2.75, 3.05) is 6.61 Å². The van der Waals surface area contributed by atoms with Gasteiger partial charge in [-0.2, -0.15) is 22.0 Å². The Morgan fingerprint density at radius 3 is 2.00 bits per heavy atom. The minimum atomic E-state index is -5.94. The van der Waals surface area contributed by atoms with Crippen molar-refractivity contribution < 1.29 is 31.9 Å². The van der Waals surface area contributed by atoms with E-state index in [9.17, 15) is 26.7 Å². The topological polar surface area (TPSA) is 49.3 Å². The molecule has 17 heavy (non-hydrogen) atoms. The summed E-state index contributed by atoms with van der Waals surface area (Å²) in [5, 5.41) is 10.2. The van der Waals surface area contributed by atoms with Crippen molar-refractivity contribution in [2.45, 2.75) is 38.4 Å². The Morgan fingerprint density at radius 2 is 1.71 bits per heavy atom. The molecular formula is C9H14F5NO2. The predicted molar refractivity (Wildman–Crippen MR) is 49.5 cm³/mol. The molecule has 0 aliphatic carbocycles. The highest BCUT2D eigenvalue weighted by Crippen LogP contribution is 2.35. The van der Waals surface area contributed by atoms with Gasteiger partial charge < -0.3 is 10.4 Å². The number of aliphatic hydroxyl groups is 1. The summed E-state index contributed by atoms with van der Waals surface area (Å²) in [6.45, 7) is 2.66. The summed E-state index contributed by atoms with van der Waals surface area (Å²) in [5.74, 6) is -7.95. The van der Waals surface area contributed by atoms with Gasteiger partial charge in [0.1, 0.15) is 0 Å². The summed E-state index contributed by atoms with van der Waals surface area (Å²) in [7, 11) is 0. The number of alkyl halides is 5. The first-order valence-corrected chi connectivity index (χ1v) is 4.88. The summed E-state index contributed by atoms with van der Waals surface area (Å²) in [4.78, 5) is 10.8. The standard InChI is InChI=1S/C9H14F5NO2/c1-5(2)3-6(4-16)15-7(17)8(10,11)9(12,13)14/h5-6,16H,3-4H2,1-2H3,(H,15,17). The fourth-order valence-electron chi connectivity index (χ4n) is 1.15. The monoisotopic (exact) mass is 263 g/mol. The molecule has 0 aromatic rings. The van der Waals surface area contributed by atoms with Crippen LogP contribution in [0.5, 0.6) is 0 Å². The van der Waals surface area contributed by atoms with Crippen LogP contribution in [0.15, 0.2) is 0 Å². The molecule has 102 valence electrons. The van der Waals surface area contributed by atoms with Crippen LogP contribution in [0.1, 0.15) is 20.3 Å². The summed E-state index contributed by atoms with van der Waals surface area (Å²) >= 11 is 0. The van der Waals surface area contributed by atoms with E-state index in [0.29, 0.717) is 0 Å². The molecule has 1 unspecified atom stereocenters. The lowest BCUT2D eigenvalue weighted by Crippen LogP contribution is -2.53. The van der Waals surface area contributed by atoms with E-state index in [4.69, 9.17) is 5.11 Å². The van der Waals surface area contributed by atoms with Gasteiger partial charge in [-0.25, -0.2) is 0 Å². The average molecular weight is 263 g/mol. The molecule has 0 aromatic heterocycles. The van der Waals surface area contributed by atoms with E-state index in [0.717, 1.165) is 0 Å². The van der Waals surface area contributed by atoms with Gasteiger partial charge in [0, 0.05) is 0 Å². The molecule has 0 fully saturated rings. The summed E-state index contributed by atoms with van der Waals surface area (Å²) < 4.78 is 60.6. The quantitative estimate of drug-likeness (QED) is 0.742. The Labute approximate surface area is 95.0 Å². The van der Waals surface area contributed by atoms with Crippen molar-refractivity contribution in [3.8, 4) is 0 Å². The highest BCUT2D eigenvalue weighted by Gasteiger charge is 2.63. The van der Waals surface area contributed by atoms with E-state index in [1.165, 1.54) is 5.32 Å². The lowest BCUT2D eigenvalue weighted by molar-refractivity contribution is -0.270. The third-order valence-electron chi connectivity index (χ3n) is 1.95. The first-order chi connectivity index (χ1) is 7.52.